The molecule has 0 aromatic carbocycles. The van der Waals surface area contributed by atoms with Gasteiger partial charge in [0.05, 0.1) is 6.61 Å². The quantitative estimate of drug-likeness (QED) is 0.325. The van der Waals surface area contributed by atoms with Gasteiger partial charge in [-0.3, -0.25) is 9.11 Å². The molecule has 0 radical (unpaired) electrons. The summed E-state index contributed by atoms with van der Waals surface area (Å²) in [6, 6.07) is 0. The molecule has 0 fully saturated rings. The Hall–Kier alpha value is -0.210. The molecule has 0 rings (SSSR count). The van der Waals surface area contributed by atoms with Crippen LogP contribution in [0.2, 0.25) is 0 Å². The van der Waals surface area contributed by atoms with Crippen LogP contribution in [0, 0.1) is 0 Å². The maximum Gasteiger partial charge on any atom is 0.394 e. The third-order valence-corrected chi connectivity index (χ3v) is 3.69. The van der Waals surface area contributed by atoms with Crippen LogP contribution in [-0.2, 0) is 10.4 Å². The van der Waals surface area contributed by atoms with Crippen molar-refractivity contribution in [3.05, 3.63) is 0 Å². The van der Waals surface area contributed by atoms with Crippen LogP contribution >= 0.6 is 0 Å². The van der Waals surface area contributed by atoms with E-state index in [1.54, 1.807) is 0 Å². The second-order valence-electron chi connectivity index (χ2n) is 5.79. The Kier molecular flexibility index (Phi) is 19.7. The van der Waals surface area contributed by atoms with Crippen LogP contribution in [-0.4, -0.2) is 53.8 Å². The van der Waals surface area contributed by atoms with Crippen LogP contribution in [0.4, 0.5) is 0 Å². The summed E-state index contributed by atoms with van der Waals surface area (Å²) in [5.41, 5.74) is 0. The second kappa shape index (κ2) is 18.1. The molecule has 0 saturated heterocycles. The van der Waals surface area contributed by atoms with Crippen molar-refractivity contribution in [2.24, 2.45) is 0 Å². The van der Waals surface area contributed by atoms with Crippen LogP contribution in [0.3, 0.4) is 0 Å². The number of hydrogen-bond acceptors (Lipinski definition) is 4. The fourth-order valence-electron chi connectivity index (χ4n) is 2.39. The first-order valence-electron chi connectivity index (χ1n) is 8.88. The minimum atomic E-state index is -4.67. The fourth-order valence-corrected chi connectivity index (χ4v) is 2.39. The Morgan fingerprint density at radius 2 is 1.13 bits per heavy atom. The van der Waals surface area contributed by atoms with E-state index in [2.05, 4.69) is 18.7 Å². The molecule has 3 N–H and O–H groups in total. The van der Waals surface area contributed by atoms with Crippen LogP contribution in [0.15, 0.2) is 0 Å². The van der Waals surface area contributed by atoms with Crippen LogP contribution in [0.25, 0.3) is 0 Å². The van der Waals surface area contributed by atoms with Gasteiger partial charge in [-0.2, -0.15) is 8.42 Å². The van der Waals surface area contributed by atoms with Gasteiger partial charge in [-0.15, -0.1) is 0 Å². The average molecular weight is 356 g/mol. The number of aliphatic hydroxyl groups excluding tert-OH is 1. The molecule has 0 aliphatic heterocycles. The molecule has 0 aromatic rings. The van der Waals surface area contributed by atoms with E-state index in [0.29, 0.717) is 6.61 Å². The van der Waals surface area contributed by atoms with Gasteiger partial charge in [-0.25, -0.2) is 0 Å². The van der Waals surface area contributed by atoms with E-state index in [9.17, 15) is 0 Å². The zero-order valence-corrected chi connectivity index (χ0v) is 15.7. The van der Waals surface area contributed by atoms with E-state index in [1.165, 1.54) is 64.2 Å². The van der Waals surface area contributed by atoms with E-state index in [-0.39, 0.29) is 0 Å². The minimum absolute atomic E-state index is 0.297. The van der Waals surface area contributed by atoms with Crippen molar-refractivity contribution in [2.45, 2.75) is 78.1 Å². The normalized spacial score (nSPS) is 11.4. The molecule has 0 aromatic heterocycles. The Balaban J connectivity index is 0. The van der Waals surface area contributed by atoms with Crippen LogP contribution in [0.1, 0.15) is 78.1 Å². The topological polar surface area (TPSA) is 98.1 Å². The Bertz CT molecular complexity index is 314. The molecule has 0 aliphatic rings. The molecule has 23 heavy (non-hydrogen) atoms. The fraction of sp³-hybridized carbons (Fsp3) is 1.00. The molecule has 0 heterocycles. The monoisotopic (exact) mass is 355 g/mol. The van der Waals surface area contributed by atoms with Gasteiger partial charge in [0.1, 0.15) is 0 Å². The zero-order valence-electron chi connectivity index (χ0n) is 14.9. The summed E-state index contributed by atoms with van der Waals surface area (Å²) in [6.45, 7) is 7.81. The van der Waals surface area contributed by atoms with Crippen molar-refractivity contribution in [3.63, 3.8) is 0 Å². The lowest BCUT2D eigenvalue weighted by molar-refractivity contribution is 0.199. The molecule has 0 spiro atoms. The first kappa shape index (κ1) is 25.0. The molecule has 0 amide bonds. The van der Waals surface area contributed by atoms with E-state index < -0.39 is 10.4 Å². The summed E-state index contributed by atoms with van der Waals surface area (Å²) in [6.07, 6.45) is 14.0. The Morgan fingerprint density at radius 1 is 0.739 bits per heavy atom. The number of hydrogen-bond donors (Lipinski definition) is 3. The third kappa shape index (κ3) is 30.3. The SMILES string of the molecule is CCCCCCCCCCCCN(CC)CCO.O=S(=O)(O)O. The van der Waals surface area contributed by atoms with Crippen molar-refractivity contribution < 1.29 is 22.6 Å². The second-order valence-corrected chi connectivity index (χ2v) is 6.68. The van der Waals surface area contributed by atoms with Gasteiger partial charge >= 0.3 is 10.4 Å². The van der Waals surface area contributed by atoms with Gasteiger partial charge in [0.15, 0.2) is 0 Å². The lowest BCUT2D eigenvalue weighted by atomic mass is 10.1. The largest absolute Gasteiger partial charge is 0.395 e. The highest BCUT2D eigenvalue weighted by atomic mass is 32.3. The summed E-state index contributed by atoms with van der Waals surface area (Å²) in [5, 5.41) is 8.89. The van der Waals surface area contributed by atoms with Crippen LogP contribution in [0.5, 0.6) is 0 Å². The summed E-state index contributed by atoms with van der Waals surface area (Å²) in [4.78, 5) is 2.34. The lowest BCUT2D eigenvalue weighted by Crippen LogP contribution is -2.27. The number of likely N-dealkylation sites (N-methyl/N-ethyl adjacent to an activating group) is 1. The minimum Gasteiger partial charge on any atom is -0.395 e. The molecule has 7 heteroatoms. The zero-order chi connectivity index (χ0) is 18.0. The maximum absolute atomic E-state index is 8.89. The number of rotatable bonds is 14. The molecule has 0 atom stereocenters. The maximum atomic E-state index is 8.89. The van der Waals surface area contributed by atoms with E-state index >= 15 is 0 Å². The van der Waals surface area contributed by atoms with E-state index in [4.69, 9.17) is 22.6 Å². The van der Waals surface area contributed by atoms with Crippen molar-refractivity contribution in [1.29, 1.82) is 0 Å². The number of aliphatic hydroxyl groups is 1. The van der Waals surface area contributed by atoms with Gasteiger partial charge in [0.25, 0.3) is 0 Å². The summed E-state index contributed by atoms with van der Waals surface area (Å²) >= 11 is 0. The third-order valence-electron chi connectivity index (χ3n) is 3.69. The lowest BCUT2D eigenvalue weighted by Gasteiger charge is -2.18. The van der Waals surface area contributed by atoms with E-state index in [0.717, 1.165) is 19.6 Å². The van der Waals surface area contributed by atoms with Gasteiger partial charge in [-0.1, -0.05) is 71.6 Å². The molecule has 0 saturated carbocycles. The first-order chi connectivity index (χ1) is 10.8. The molecule has 142 valence electrons. The standard InChI is InChI=1S/C16H35NO.H2O4S/c1-3-5-6-7-8-9-10-11-12-13-14-17(4-2)15-16-18;1-5(2,3)4/h18H,3-16H2,1-2H3;(H2,1,2,3,4). The highest BCUT2D eigenvalue weighted by Gasteiger charge is 2.00. The molecular formula is C16H37NO5S. The van der Waals surface area contributed by atoms with Gasteiger partial charge in [-0.05, 0) is 19.5 Å². The van der Waals surface area contributed by atoms with E-state index in [1.807, 2.05) is 0 Å². The van der Waals surface area contributed by atoms with Crippen molar-refractivity contribution in [2.75, 3.05) is 26.2 Å². The predicted octanol–water partition coefficient (Wildman–Crippen LogP) is 3.57. The highest BCUT2D eigenvalue weighted by molar-refractivity contribution is 7.79. The Morgan fingerprint density at radius 3 is 1.48 bits per heavy atom. The molecule has 6 nitrogen and oxygen atoms in total. The van der Waals surface area contributed by atoms with Crippen molar-refractivity contribution in [3.8, 4) is 0 Å². The summed E-state index contributed by atoms with van der Waals surface area (Å²) in [5.74, 6) is 0. The van der Waals surface area contributed by atoms with Gasteiger partial charge in [0.2, 0.25) is 0 Å². The predicted molar refractivity (Wildman–Crippen MR) is 95.2 cm³/mol. The highest BCUT2D eigenvalue weighted by Crippen LogP contribution is 2.10. The van der Waals surface area contributed by atoms with Crippen LogP contribution < -0.4 is 0 Å². The van der Waals surface area contributed by atoms with Crippen molar-refractivity contribution >= 4 is 10.4 Å². The number of unbranched alkanes of at least 4 members (excludes halogenated alkanes) is 9. The smallest absolute Gasteiger partial charge is 0.394 e. The van der Waals surface area contributed by atoms with Gasteiger partial charge < -0.3 is 10.0 Å². The van der Waals surface area contributed by atoms with Gasteiger partial charge in [0, 0.05) is 6.54 Å². The number of nitrogens with zero attached hydrogens (tertiary/aromatic N) is 1. The molecular weight excluding hydrogens is 318 g/mol. The molecule has 0 aliphatic carbocycles. The average Bonchev–Trinajstić information content (AvgIpc) is 2.46. The molecule has 0 unspecified atom stereocenters. The summed E-state index contributed by atoms with van der Waals surface area (Å²) < 4.78 is 31.6. The molecule has 0 bridgehead atoms. The Labute approximate surface area is 142 Å². The van der Waals surface area contributed by atoms with Crippen molar-refractivity contribution in [1.82, 2.24) is 4.90 Å². The summed E-state index contributed by atoms with van der Waals surface area (Å²) in [7, 11) is -4.67. The first-order valence-corrected chi connectivity index (χ1v) is 10.3.